The van der Waals surface area contributed by atoms with Crippen LogP contribution in [0.3, 0.4) is 0 Å². The molecule has 0 radical (unpaired) electrons. The molecule has 1 fully saturated rings. The molecule has 3 N–H and O–H groups in total. The Morgan fingerprint density at radius 2 is 1.83 bits per heavy atom. The molecule has 5 nitrogen and oxygen atoms in total. The highest BCUT2D eigenvalue weighted by Gasteiger charge is 2.30. The van der Waals surface area contributed by atoms with E-state index >= 15 is 0 Å². The third-order valence-corrected chi connectivity index (χ3v) is 6.38. The van der Waals surface area contributed by atoms with Gasteiger partial charge in [0.25, 0.3) is 0 Å². The zero-order chi connectivity index (χ0) is 25.6. The summed E-state index contributed by atoms with van der Waals surface area (Å²) in [6, 6.07) is 11.1. The number of likely N-dealkylation sites (tertiary alicyclic amines) is 1. The first-order valence-corrected chi connectivity index (χ1v) is 11.6. The predicted molar refractivity (Wildman–Crippen MR) is 135 cm³/mol. The molecule has 1 aliphatic rings. The molecule has 0 amide bonds. The van der Waals surface area contributed by atoms with Crippen molar-refractivity contribution in [2.45, 2.75) is 39.3 Å². The van der Waals surface area contributed by atoms with Crippen LogP contribution in [0, 0.1) is 12.8 Å². The molecule has 0 aromatic heterocycles. The molecule has 188 valence electrons. The number of nitrogens with zero attached hydrogens (tertiary/aromatic N) is 2. The number of nitrogens with two attached hydrogens (primary N) is 1. The van der Waals surface area contributed by atoms with Gasteiger partial charge in [-0.25, -0.2) is 0 Å². The minimum atomic E-state index is -4.36. The van der Waals surface area contributed by atoms with Crippen LogP contribution in [-0.4, -0.2) is 31.3 Å². The van der Waals surface area contributed by atoms with Crippen LogP contribution in [0.2, 0.25) is 0 Å². The first-order chi connectivity index (χ1) is 16.6. The number of alkyl halides is 3. The maximum atomic E-state index is 12.8. The standard InChI is InChI=1S/C27H33F3N4O/c1-18-5-6-23(26(15-18)35-32-4)16-21-11-13-34(14-12-21)17-25(31)20(3)33-19(2)22-7-9-24(10-8-22)27(28,29)30/h5-10,15,21,33H,2,4,11-14,16-17,31H2,1,3H3/b25-20-. The van der Waals surface area contributed by atoms with Crippen LogP contribution in [0.15, 0.2) is 65.6 Å². The normalized spacial score (nSPS) is 15.9. The zero-order valence-corrected chi connectivity index (χ0v) is 20.3. The van der Waals surface area contributed by atoms with Gasteiger partial charge in [0.2, 0.25) is 0 Å². The number of rotatable bonds is 9. The number of oxime groups is 1. The van der Waals surface area contributed by atoms with Gasteiger partial charge in [-0.05, 0) is 87.0 Å². The number of hydrogen-bond donors (Lipinski definition) is 2. The Bertz CT molecular complexity index is 1070. The fraction of sp³-hybridized carbons (Fsp3) is 0.370. The third kappa shape index (κ3) is 7.36. The summed E-state index contributed by atoms with van der Waals surface area (Å²) < 4.78 is 38.3. The molecule has 1 aliphatic heterocycles. The molecular weight excluding hydrogens is 453 g/mol. The van der Waals surface area contributed by atoms with E-state index in [1.165, 1.54) is 12.1 Å². The Morgan fingerprint density at radius 3 is 2.43 bits per heavy atom. The molecule has 0 unspecified atom stereocenters. The maximum absolute atomic E-state index is 12.8. The lowest BCUT2D eigenvalue weighted by molar-refractivity contribution is -0.137. The molecule has 1 heterocycles. The Hall–Kier alpha value is -3.26. The van der Waals surface area contributed by atoms with Crippen molar-refractivity contribution in [2.75, 3.05) is 19.6 Å². The second kappa shape index (κ2) is 11.4. The largest absolute Gasteiger partial charge is 0.416 e. The lowest BCUT2D eigenvalue weighted by Crippen LogP contribution is -2.37. The predicted octanol–water partition coefficient (Wildman–Crippen LogP) is 5.71. The van der Waals surface area contributed by atoms with Gasteiger partial charge in [0.15, 0.2) is 5.75 Å². The van der Waals surface area contributed by atoms with Gasteiger partial charge in [-0.3, -0.25) is 4.90 Å². The van der Waals surface area contributed by atoms with E-state index in [9.17, 15) is 13.2 Å². The highest BCUT2D eigenvalue weighted by atomic mass is 19.4. The number of allylic oxidation sites excluding steroid dienone is 1. The monoisotopic (exact) mass is 486 g/mol. The van der Waals surface area contributed by atoms with Gasteiger partial charge in [-0.1, -0.05) is 36.0 Å². The smallest absolute Gasteiger partial charge is 0.400 e. The summed E-state index contributed by atoms with van der Waals surface area (Å²) in [6.07, 6.45) is -1.34. The van der Waals surface area contributed by atoms with E-state index in [2.05, 4.69) is 40.8 Å². The molecule has 2 aromatic rings. The number of halogens is 3. The first-order valence-electron chi connectivity index (χ1n) is 11.6. The van der Waals surface area contributed by atoms with E-state index in [4.69, 9.17) is 10.6 Å². The van der Waals surface area contributed by atoms with E-state index in [-0.39, 0.29) is 0 Å². The van der Waals surface area contributed by atoms with Crippen molar-refractivity contribution in [1.29, 1.82) is 0 Å². The second-order valence-corrected chi connectivity index (χ2v) is 9.08. The average molecular weight is 487 g/mol. The molecular formula is C27H33F3N4O. The minimum Gasteiger partial charge on any atom is -0.400 e. The van der Waals surface area contributed by atoms with Gasteiger partial charge in [-0.15, -0.1) is 0 Å². The topological polar surface area (TPSA) is 62.9 Å². The molecule has 0 bridgehead atoms. The van der Waals surface area contributed by atoms with Crippen LogP contribution >= 0.6 is 0 Å². The molecule has 8 heteroatoms. The van der Waals surface area contributed by atoms with Crippen LogP contribution in [0.1, 0.15) is 42.0 Å². The molecule has 2 aromatic carbocycles. The van der Waals surface area contributed by atoms with E-state index in [0.29, 0.717) is 29.4 Å². The number of piperidine rings is 1. The SMILES string of the molecule is C=NOc1cc(C)ccc1CC1CCN(C/C(N)=C(\C)NC(=C)c2ccc(C(F)(F)F)cc2)CC1. The molecule has 0 atom stereocenters. The second-order valence-electron chi connectivity index (χ2n) is 9.08. The van der Waals surface area contributed by atoms with Gasteiger partial charge in [-0.2, -0.15) is 13.2 Å². The fourth-order valence-corrected chi connectivity index (χ4v) is 4.24. The average Bonchev–Trinajstić information content (AvgIpc) is 2.81. The van der Waals surface area contributed by atoms with Gasteiger partial charge < -0.3 is 15.9 Å². The Balaban J connectivity index is 1.51. The van der Waals surface area contributed by atoms with E-state index < -0.39 is 11.7 Å². The number of benzene rings is 2. The van der Waals surface area contributed by atoms with E-state index in [1.54, 1.807) is 0 Å². The van der Waals surface area contributed by atoms with Crippen LogP contribution in [0.5, 0.6) is 5.75 Å². The van der Waals surface area contributed by atoms with Gasteiger partial charge in [0, 0.05) is 30.4 Å². The highest BCUT2D eigenvalue weighted by molar-refractivity contribution is 5.63. The van der Waals surface area contributed by atoms with E-state index in [1.807, 2.05) is 19.9 Å². The fourth-order valence-electron chi connectivity index (χ4n) is 4.24. The molecule has 3 rings (SSSR count). The number of hydrogen-bond acceptors (Lipinski definition) is 5. The third-order valence-electron chi connectivity index (χ3n) is 6.38. The van der Waals surface area contributed by atoms with Gasteiger partial charge >= 0.3 is 6.18 Å². The lowest BCUT2D eigenvalue weighted by Gasteiger charge is -2.32. The Kier molecular flexibility index (Phi) is 8.62. The summed E-state index contributed by atoms with van der Waals surface area (Å²) in [6.45, 7) is 13.7. The van der Waals surface area contributed by atoms with Crippen molar-refractivity contribution in [3.05, 3.63) is 82.7 Å². The summed E-state index contributed by atoms with van der Waals surface area (Å²) in [4.78, 5) is 7.68. The Labute approximate surface area is 205 Å². The molecule has 0 spiro atoms. The minimum absolute atomic E-state index is 0.503. The van der Waals surface area contributed by atoms with Crippen molar-refractivity contribution in [3.8, 4) is 5.75 Å². The summed E-state index contributed by atoms with van der Waals surface area (Å²) in [5.74, 6) is 1.31. The summed E-state index contributed by atoms with van der Waals surface area (Å²) in [7, 11) is 0. The van der Waals surface area contributed by atoms with Crippen LogP contribution in [0.25, 0.3) is 5.70 Å². The summed E-state index contributed by atoms with van der Waals surface area (Å²) >= 11 is 0. The van der Waals surface area contributed by atoms with E-state index in [0.717, 1.165) is 67.1 Å². The molecule has 0 aliphatic carbocycles. The van der Waals surface area contributed by atoms with Crippen molar-refractivity contribution in [3.63, 3.8) is 0 Å². The van der Waals surface area contributed by atoms with Crippen LogP contribution in [0.4, 0.5) is 13.2 Å². The van der Waals surface area contributed by atoms with Crippen molar-refractivity contribution in [2.24, 2.45) is 16.8 Å². The number of nitrogens with one attached hydrogen (secondary N) is 1. The number of aryl methyl sites for hydroxylation is 1. The first kappa shape index (κ1) is 26.3. The Morgan fingerprint density at radius 1 is 1.17 bits per heavy atom. The molecule has 35 heavy (non-hydrogen) atoms. The van der Waals surface area contributed by atoms with Gasteiger partial charge in [0.1, 0.15) is 0 Å². The quantitative estimate of drug-likeness (QED) is 0.352. The highest BCUT2D eigenvalue weighted by Crippen LogP contribution is 2.30. The molecule has 1 saturated heterocycles. The maximum Gasteiger partial charge on any atom is 0.416 e. The van der Waals surface area contributed by atoms with Crippen LogP contribution in [-0.2, 0) is 12.6 Å². The summed E-state index contributed by atoms with van der Waals surface area (Å²) in [5.41, 5.74) is 10.4. The zero-order valence-electron chi connectivity index (χ0n) is 20.3. The molecule has 0 saturated carbocycles. The van der Waals surface area contributed by atoms with Crippen molar-refractivity contribution < 1.29 is 18.0 Å². The van der Waals surface area contributed by atoms with Gasteiger partial charge in [0.05, 0.1) is 5.56 Å². The van der Waals surface area contributed by atoms with Crippen LogP contribution < -0.4 is 15.9 Å². The van der Waals surface area contributed by atoms with Crippen molar-refractivity contribution in [1.82, 2.24) is 10.2 Å². The lowest BCUT2D eigenvalue weighted by atomic mass is 9.89. The summed E-state index contributed by atoms with van der Waals surface area (Å²) in [5, 5.41) is 6.71. The van der Waals surface area contributed by atoms with Crippen molar-refractivity contribution >= 4 is 12.4 Å².